The van der Waals surface area contributed by atoms with Crippen LogP contribution in [0.2, 0.25) is 0 Å². The number of fused-ring (bicyclic) bond motifs is 1. The number of aromatic nitrogens is 4. The molecule has 2 aromatic carbocycles. The molecule has 0 spiro atoms. The molecule has 4 aromatic rings. The lowest BCUT2D eigenvalue weighted by molar-refractivity contribution is 0.170. The van der Waals surface area contributed by atoms with Crippen LogP contribution in [0.3, 0.4) is 0 Å². The van der Waals surface area contributed by atoms with Crippen molar-refractivity contribution in [2.24, 2.45) is 5.73 Å². The Hall–Kier alpha value is -4.65. The summed E-state index contributed by atoms with van der Waals surface area (Å²) in [7, 11) is 3.91. The highest BCUT2D eigenvalue weighted by molar-refractivity contribution is 8.44. The van der Waals surface area contributed by atoms with E-state index in [0.29, 0.717) is 16.4 Å². The number of amides is 3. The van der Waals surface area contributed by atoms with E-state index < -0.39 is 27.5 Å². The molecule has 0 saturated heterocycles. The Morgan fingerprint density at radius 3 is 2.26 bits per heavy atom. The number of nitrogens with zero attached hydrogens (tertiary/aromatic N) is 6. The van der Waals surface area contributed by atoms with E-state index in [4.69, 9.17) is 15.2 Å². The molecule has 12 nitrogen and oxygen atoms in total. The van der Waals surface area contributed by atoms with E-state index in [1.807, 2.05) is 24.3 Å². The molecule has 0 saturated carbocycles. The third-order valence-corrected chi connectivity index (χ3v) is 7.97. The number of pyridine rings is 1. The summed E-state index contributed by atoms with van der Waals surface area (Å²) >= 11 is 0. The SMILES string of the molecule is CN(C)C(=O)Oc1ccc(-c2nnc(S(C)(C)C(N)=O)n2-c2cccc3ncccc23)c(OC(=O)N(C)C)c1. The van der Waals surface area contributed by atoms with Gasteiger partial charge in [-0.1, -0.05) is 6.07 Å². The molecule has 0 bridgehead atoms. The molecule has 0 aliphatic heterocycles. The molecule has 4 rings (SSSR count). The van der Waals surface area contributed by atoms with Crippen LogP contribution >= 0.6 is 10.0 Å². The van der Waals surface area contributed by atoms with Crippen molar-refractivity contribution in [2.75, 3.05) is 40.7 Å². The third kappa shape index (κ3) is 5.34. The highest BCUT2D eigenvalue weighted by Gasteiger charge is 2.32. The lowest BCUT2D eigenvalue weighted by Crippen LogP contribution is -2.26. The summed E-state index contributed by atoms with van der Waals surface area (Å²) in [4.78, 5) is 44.3. The number of ether oxygens (including phenoxy) is 2. The van der Waals surface area contributed by atoms with Gasteiger partial charge in [-0.05, 0) is 48.9 Å². The molecule has 0 unspecified atom stereocenters. The molecule has 39 heavy (non-hydrogen) atoms. The van der Waals surface area contributed by atoms with Gasteiger partial charge in [-0.25, -0.2) is 9.59 Å². The number of hydrogen-bond donors (Lipinski definition) is 1. The summed E-state index contributed by atoms with van der Waals surface area (Å²) < 4.78 is 12.8. The molecule has 204 valence electrons. The zero-order valence-corrected chi connectivity index (χ0v) is 23.2. The molecule has 0 aliphatic rings. The van der Waals surface area contributed by atoms with Gasteiger partial charge in [0.15, 0.2) is 11.0 Å². The maximum Gasteiger partial charge on any atom is 0.414 e. The second-order valence-electron chi connectivity index (χ2n) is 9.32. The van der Waals surface area contributed by atoms with E-state index in [-0.39, 0.29) is 17.3 Å². The fourth-order valence-corrected chi connectivity index (χ4v) is 4.64. The first kappa shape index (κ1) is 27.4. The number of hydrogen-bond acceptors (Lipinski definition) is 8. The molecule has 0 aliphatic carbocycles. The number of benzene rings is 2. The molecule has 2 heterocycles. The summed E-state index contributed by atoms with van der Waals surface area (Å²) in [5.74, 6) is 0.515. The standard InChI is InChI=1S/C26H29N7O5S/c1-31(2)25(35)37-16-12-13-18(21(15-16)38-26(36)32(3)4)22-29-30-24(39(5,6)23(27)34)33(22)20-11-7-10-19-17(20)9-8-14-28-19/h7-15H,1-6H3,(H2,27,34). The average molecular weight is 552 g/mol. The van der Waals surface area contributed by atoms with E-state index in [0.717, 1.165) is 10.9 Å². The first-order valence-electron chi connectivity index (χ1n) is 11.7. The minimum absolute atomic E-state index is 0.0724. The number of primary amides is 1. The van der Waals surface area contributed by atoms with Crippen LogP contribution < -0.4 is 15.2 Å². The van der Waals surface area contributed by atoms with Gasteiger partial charge in [-0.2, -0.15) is 0 Å². The Balaban J connectivity index is 2.00. The predicted molar refractivity (Wildman–Crippen MR) is 149 cm³/mol. The molecule has 2 N–H and O–H groups in total. The van der Waals surface area contributed by atoms with Gasteiger partial charge in [0, 0.05) is 45.8 Å². The largest absolute Gasteiger partial charge is 0.414 e. The normalized spacial score (nSPS) is 11.6. The summed E-state index contributed by atoms with van der Waals surface area (Å²) in [5, 5.41) is 9.46. The van der Waals surface area contributed by atoms with Crippen molar-refractivity contribution in [1.29, 1.82) is 0 Å². The van der Waals surface area contributed by atoms with Gasteiger partial charge >= 0.3 is 12.2 Å². The minimum Gasteiger partial charge on any atom is -0.410 e. The van der Waals surface area contributed by atoms with Crippen LogP contribution in [0.5, 0.6) is 11.5 Å². The van der Waals surface area contributed by atoms with Gasteiger partial charge in [-0.15, -0.1) is 20.2 Å². The Bertz CT molecular complexity index is 1580. The van der Waals surface area contributed by atoms with Crippen LogP contribution in [0.15, 0.2) is 59.9 Å². The maximum absolute atomic E-state index is 12.6. The Morgan fingerprint density at radius 2 is 1.59 bits per heavy atom. The zero-order valence-electron chi connectivity index (χ0n) is 22.4. The lowest BCUT2D eigenvalue weighted by atomic mass is 10.1. The van der Waals surface area contributed by atoms with Crippen LogP contribution in [-0.2, 0) is 0 Å². The average Bonchev–Trinajstić information content (AvgIpc) is 3.33. The smallest absolute Gasteiger partial charge is 0.410 e. The number of carbonyl (C=O) groups excluding carboxylic acids is 3. The number of nitrogens with two attached hydrogens (primary N) is 1. The van der Waals surface area contributed by atoms with Crippen molar-refractivity contribution >= 4 is 38.4 Å². The van der Waals surface area contributed by atoms with Crippen molar-refractivity contribution < 1.29 is 23.9 Å². The first-order valence-corrected chi connectivity index (χ1v) is 14.1. The van der Waals surface area contributed by atoms with E-state index in [9.17, 15) is 14.4 Å². The van der Waals surface area contributed by atoms with Gasteiger partial charge < -0.3 is 25.0 Å². The maximum atomic E-state index is 12.6. The summed E-state index contributed by atoms with van der Waals surface area (Å²) in [6.45, 7) is 0. The summed E-state index contributed by atoms with van der Waals surface area (Å²) in [6.07, 6.45) is 3.90. The fourth-order valence-electron chi connectivity index (χ4n) is 3.58. The Labute approximate surface area is 226 Å². The molecule has 0 atom stereocenters. The number of rotatable bonds is 5. The molecule has 0 radical (unpaired) electrons. The Morgan fingerprint density at radius 1 is 0.897 bits per heavy atom. The van der Waals surface area contributed by atoms with Gasteiger partial charge in [0.25, 0.3) is 5.24 Å². The first-order chi connectivity index (χ1) is 18.4. The molecule has 3 amide bonds. The lowest BCUT2D eigenvalue weighted by Gasteiger charge is -2.27. The van der Waals surface area contributed by atoms with Crippen LogP contribution in [-0.4, -0.2) is 87.7 Å². The Kier molecular flexibility index (Phi) is 7.45. The summed E-state index contributed by atoms with van der Waals surface area (Å²) in [5.41, 5.74) is 7.55. The quantitative estimate of drug-likeness (QED) is 0.390. The van der Waals surface area contributed by atoms with Crippen molar-refractivity contribution in [3.05, 3.63) is 54.7 Å². The van der Waals surface area contributed by atoms with Gasteiger partial charge in [0.2, 0.25) is 0 Å². The third-order valence-electron chi connectivity index (χ3n) is 5.78. The van der Waals surface area contributed by atoms with Crippen molar-refractivity contribution in [1.82, 2.24) is 29.5 Å². The molecular formula is C26H29N7O5S. The second kappa shape index (κ2) is 10.6. The van der Waals surface area contributed by atoms with Crippen molar-refractivity contribution in [3.63, 3.8) is 0 Å². The van der Waals surface area contributed by atoms with E-state index in [1.165, 1.54) is 15.9 Å². The monoisotopic (exact) mass is 551 g/mol. The van der Waals surface area contributed by atoms with Crippen LogP contribution in [0.1, 0.15) is 0 Å². The predicted octanol–water partition coefficient (Wildman–Crippen LogP) is 4.11. The van der Waals surface area contributed by atoms with Crippen LogP contribution in [0.4, 0.5) is 14.4 Å². The minimum atomic E-state index is -2.28. The second-order valence-corrected chi connectivity index (χ2v) is 12.7. The van der Waals surface area contributed by atoms with E-state index in [1.54, 1.807) is 69.7 Å². The summed E-state index contributed by atoms with van der Waals surface area (Å²) in [6, 6.07) is 13.8. The highest BCUT2D eigenvalue weighted by Crippen LogP contribution is 2.50. The molecule has 0 fully saturated rings. The van der Waals surface area contributed by atoms with Gasteiger partial charge in [0.1, 0.15) is 11.5 Å². The van der Waals surface area contributed by atoms with Crippen LogP contribution in [0.25, 0.3) is 28.0 Å². The van der Waals surface area contributed by atoms with Crippen molar-refractivity contribution in [3.8, 4) is 28.6 Å². The fraction of sp³-hybridized carbons (Fsp3) is 0.231. The van der Waals surface area contributed by atoms with Gasteiger partial charge in [-0.3, -0.25) is 14.3 Å². The zero-order chi connectivity index (χ0) is 28.5. The van der Waals surface area contributed by atoms with Crippen LogP contribution in [0, 0.1) is 0 Å². The molecule has 2 aromatic heterocycles. The topological polar surface area (TPSA) is 146 Å². The number of carbonyl (C=O) groups is 3. The van der Waals surface area contributed by atoms with E-state index in [2.05, 4.69) is 15.2 Å². The molecule has 13 heteroatoms. The highest BCUT2D eigenvalue weighted by atomic mass is 32.3. The van der Waals surface area contributed by atoms with Crippen molar-refractivity contribution in [2.45, 2.75) is 5.16 Å². The molecular weight excluding hydrogens is 522 g/mol. The van der Waals surface area contributed by atoms with Gasteiger partial charge in [0.05, 0.1) is 16.8 Å². The van der Waals surface area contributed by atoms with E-state index >= 15 is 0 Å².